The summed E-state index contributed by atoms with van der Waals surface area (Å²) in [4.78, 5) is 10.8. The molecule has 0 aliphatic carbocycles. The maximum absolute atomic E-state index is 10.8. The van der Waals surface area contributed by atoms with E-state index in [4.69, 9.17) is 4.74 Å². The number of rotatable bonds is 4. The summed E-state index contributed by atoms with van der Waals surface area (Å²) in [6.07, 6.45) is -0.0578. The molecule has 1 rings (SSSR count). The molecule has 4 nitrogen and oxygen atoms in total. The molecule has 4 heteroatoms. The van der Waals surface area contributed by atoms with Gasteiger partial charge < -0.3 is 15.4 Å². The first-order valence-electron chi connectivity index (χ1n) is 4.79. The predicted molar refractivity (Wildman–Crippen MR) is 60.8 cm³/mol. The van der Waals surface area contributed by atoms with Gasteiger partial charge in [0, 0.05) is 25.4 Å². The summed E-state index contributed by atoms with van der Waals surface area (Å²) in [5.74, 6) is -0.0769. The number of carbonyl (C=O) groups excluding carboxylic acids is 1. The van der Waals surface area contributed by atoms with Gasteiger partial charge in [-0.15, -0.1) is 0 Å². The minimum absolute atomic E-state index is 0.0578. The molecule has 0 saturated carbocycles. The average molecular weight is 208 g/mol. The molecule has 0 aliphatic heterocycles. The fourth-order valence-corrected chi connectivity index (χ4v) is 1.18. The van der Waals surface area contributed by atoms with Gasteiger partial charge in [-0.1, -0.05) is 6.07 Å². The maximum Gasteiger partial charge on any atom is 0.221 e. The Hall–Kier alpha value is -1.55. The van der Waals surface area contributed by atoms with Crippen molar-refractivity contribution >= 4 is 17.3 Å². The van der Waals surface area contributed by atoms with Crippen LogP contribution in [0.5, 0.6) is 0 Å². The first-order valence-corrected chi connectivity index (χ1v) is 4.79. The molecule has 0 aromatic heterocycles. The zero-order valence-corrected chi connectivity index (χ0v) is 9.20. The molecule has 0 heterocycles. The fraction of sp³-hybridized carbons (Fsp3) is 0.364. The molecular formula is C11H16N2O2. The molecule has 0 radical (unpaired) electrons. The highest BCUT2D eigenvalue weighted by molar-refractivity contribution is 5.89. The van der Waals surface area contributed by atoms with Crippen LogP contribution in [-0.4, -0.2) is 19.2 Å². The first kappa shape index (κ1) is 11.5. The minimum atomic E-state index is -0.0769. The second-order valence-electron chi connectivity index (χ2n) is 3.28. The Morgan fingerprint density at radius 2 is 2.07 bits per heavy atom. The van der Waals surface area contributed by atoms with Crippen molar-refractivity contribution in [2.45, 2.75) is 20.1 Å². The number of ether oxygens (including phenoxy) is 1. The Bertz CT molecular complexity index is 339. The third kappa shape index (κ3) is 3.99. The van der Waals surface area contributed by atoms with E-state index in [2.05, 4.69) is 10.6 Å². The van der Waals surface area contributed by atoms with Crippen molar-refractivity contribution in [3.63, 3.8) is 0 Å². The molecule has 1 unspecified atom stereocenters. The minimum Gasteiger partial charge on any atom is -0.362 e. The number of hydrogen-bond donors (Lipinski definition) is 2. The molecule has 15 heavy (non-hydrogen) atoms. The van der Waals surface area contributed by atoms with Crippen LogP contribution in [0.3, 0.4) is 0 Å². The Labute approximate surface area is 89.6 Å². The van der Waals surface area contributed by atoms with Crippen LogP contribution in [0.15, 0.2) is 24.3 Å². The molecule has 1 aromatic carbocycles. The highest BCUT2D eigenvalue weighted by Crippen LogP contribution is 2.15. The summed E-state index contributed by atoms with van der Waals surface area (Å²) in [5, 5.41) is 5.85. The van der Waals surface area contributed by atoms with Crippen molar-refractivity contribution in [1.29, 1.82) is 0 Å². The smallest absolute Gasteiger partial charge is 0.221 e. The SMILES string of the molecule is COC(C)Nc1cccc(NC(C)=O)c1. The molecule has 1 aromatic rings. The number of nitrogens with one attached hydrogen (secondary N) is 2. The standard InChI is InChI=1S/C11H16N2O2/c1-8(14)12-10-5-4-6-11(7-10)13-9(2)15-3/h4-7,9,13H,1-3H3,(H,12,14). The highest BCUT2D eigenvalue weighted by atomic mass is 16.5. The van der Waals surface area contributed by atoms with Crippen molar-refractivity contribution in [1.82, 2.24) is 0 Å². The molecule has 2 N–H and O–H groups in total. The topological polar surface area (TPSA) is 50.4 Å². The molecule has 0 saturated heterocycles. The summed E-state index contributed by atoms with van der Waals surface area (Å²) in [5.41, 5.74) is 1.69. The number of amides is 1. The van der Waals surface area contributed by atoms with Gasteiger partial charge in [-0.25, -0.2) is 0 Å². The van der Waals surface area contributed by atoms with E-state index in [1.807, 2.05) is 31.2 Å². The zero-order chi connectivity index (χ0) is 11.3. The lowest BCUT2D eigenvalue weighted by Gasteiger charge is -2.14. The Balaban J connectivity index is 2.69. The molecule has 82 valence electrons. The van der Waals surface area contributed by atoms with Crippen LogP contribution in [0, 0.1) is 0 Å². The molecular weight excluding hydrogens is 192 g/mol. The monoisotopic (exact) mass is 208 g/mol. The number of benzene rings is 1. The maximum atomic E-state index is 10.8. The van der Waals surface area contributed by atoms with E-state index < -0.39 is 0 Å². The second-order valence-corrected chi connectivity index (χ2v) is 3.28. The van der Waals surface area contributed by atoms with Gasteiger partial charge in [-0.3, -0.25) is 4.79 Å². The van der Waals surface area contributed by atoms with Gasteiger partial charge >= 0.3 is 0 Å². The molecule has 0 aliphatic rings. The van der Waals surface area contributed by atoms with E-state index in [-0.39, 0.29) is 12.1 Å². The normalized spacial score (nSPS) is 11.9. The van der Waals surface area contributed by atoms with Crippen LogP contribution in [0.1, 0.15) is 13.8 Å². The quantitative estimate of drug-likeness (QED) is 0.744. The van der Waals surface area contributed by atoms with E-state index in [1.165, 1.54) is 6.92 Å². The third-order valence-electron chi connectivity index (χ3n) is 1.91. The summed E-state index contributed by atoms with van der Waals surface area (Å²) in [6, 6.07) is 7.48. The highest BCUT2D eigenvalue weighted by Gasteiger charge is 2.00. The van der Waals surface area contributed by atoms with Crippen molar-refractivity contribution in [2.24, 2.45) is 0 Å². The predicted octanol–water partition coefficient (Wildman–Crippen LogP) is 2.05. The second kappa shape index (κ2) is 5.36. The lowest BCUT2D eigenvalue weighted by molar-refractivity contribution is -0.114. The Morgan fingerprint density at radius 3 is 2.67 bits per heavy atom. The van der Waals surface area contributed by atoms with Gasteiger partial charge in [0.25, 0.3) is 0 Å². The average Bonchev–Trinajstić information content (AvgIpc) is 2.17. The van der Waals surface area contributed by atoms with Crippen molar-refractivity contribution < 1.29 is 9.53 Å². The molecule has 1 amide bonds. The Kier molecular flexibility index (Phi) is 4.12. The summed E-state index contributed by atoms with van der Waals surface area (Å²) in [7, 11) is 1.63. The fourth-order valence-electron chi connectivity index (χ4n) is 1.18. The van der Waals surface area contributed by atoms with E-state index >= 15 is 0 Å². The van der Waals surface area contributed by atoms with Crippen LogP contribution in [0.4, 0.5) is 11.4 Å². The number of carbonyl (C=O) groups is 1. The van der Waals surface area contributed by atoms with E-state index in [9.17, 15) is 4.79 Å². The number of methoxy groups -OCH3 is 1. The van der Waals surface area contributed by atoms with E-state index in [0.717, 1.165) is 11.4 Å². The Morgan fingerprint density at radius 1 is 1.40 bits per heavy atom. The van der Waals surface area contributed by atoms with E-state index in [1.54, 1.807) is 7.11 Å². The van der Waals surface area contributed by atoms with Crippen LogP contribution in [0.2, 0.25) is 0 Å². The molecule has 0 spiro atoms. The third-order valence-corrected chi connectivity index (χ3v) is 1.91. The van der Waals surface area contributed by atoms with Gasteiger partial charge in [-0.05, 0) is 25.1 Å². The van der Waals surface area contributed by atoms with Crippen LogP contribution >= 0.6 is 0 Å². The van der Waals surface area contributed by atoms with Gasteiger partial charge in [0.15, 0.2) is 0 Å². The lowest BCUT2D eigenvalue weighted by Crippen LogP contribution is -2.17. The molecule has 1 atom stereocenters. The summed E-state index contributed by atoms with van der Waals surface area (Å²) < 4.78 is 5.08. The van der Waals surface area contributed by atoms with Crippen LogP contribution in [-0.2, 0) is 9.53 Å². The van der Waals surface area contributed by atoms with E-state index in [0.29, 0.717) is 0 Å². The van der Waals surface area contributed by atoms with Crippen molar-refractivity contribution in [3.05, 3.63) is 24.3 Å². The van der Waals surface area contributed by atoms with Gasteiger partial charge in [0.1, 0.15) is 6.23 Å². The lowest BCUT2D eigenvalue weighted by atomic mass is 10.2. The van der Waals surface area contributed by atoms with Crippen LogP contribution < -0.4 is 10.6 Å². The molecule has 0 bridgehead atoms. The van der Waals surface area contributed by atoms with Crippen molar-refractivity contribution in [3.8, 4) is 0 Å². The number of anilines is 2. The van der Waals surface area contributed by atoms with Crippen LogP contribution in [0.25, 0.3) is 0 Å². The van der Waals surface area contributed by atoms with Gasteiger partial charge in [0.05, 0.1) is 0 Å². The van der Waals surface area contributed by atoms with Gasteiger partial charge in [-0.2, -0.15) is 0 Å². The first-order chi connectivity index (χ1) is 7.11. The van der Waals surface area contributed by atoms with Gasteiger partial charge in [0.2, 0.25) is 5.91 Å². The summed E-state index contributed by atoms with van der Waals surface area (Å²) in [6.45, 7) is 3.39. The zero-order valence-electron chi connectivity index (χ0n) is 9.20. The van der Waals surface area contributed by atoms with Crippen molar-refractivity contribution in [2.75, 3.05) is 17.7 Å². The largest absolute Gasteiger partial charge is 0.362 e. The summed E-state index contributed by atoms with van der Waals surface area (Å²) >= 11 is 0. The molecule has 0 fully saturated rings. The number of hydrogen-bond acceptors (Lipinski definition) is 3.